The molecular weight excluding hydrogens is 276 g/mol. The molecule has 2 unspecified atom stereocenters. The predicted octanol–water partition coefficient (Wildman–Crippen LogP) is 3.38. The van der Waals surface area contributed by atoms with Gasteiger partial charge in [-0.25, -0.2) is 0 Å². The summed E-state index contributed by atoms with van der Waals surface area (Å²) in [4.78, 5) is 4.25. The van der Waals surface area contributed by atoms with Crippen LogP contribution in [0, 0.1) is 0 Å². The SMILES string of the molecule is CC1c2ccsc2CCN1CC1Cc2ccccc2CN1. The van der Waals surface area contributed by atoms with Gasteiger partial charge in [-0.2, -0.15) is 0 Å². The summed E-state index contributed by atoms with van der Waals surface area (Å²) < 4.78 is 0. The van der Waals surface area contributed by atoms with Crippen LogP contribution in [0.3, 0.4) is 0 Å². The van der Waals surface area contributed by atoms with Crippen LogP contribution in [0.25, 0.3) is 0 Å². The van der Waals surface area contributed by atoms with Crippen molar-refractivity contribution < 1.29 is 0 Å². The van der Waals surface area contributed by atoms with E-state index in [0.29, 0.717) is 12.1 Å². The van der Waals surface area contributed by atoms with Crippen LogP contribution >= 0.6 is 11.3 Å². The summed E-state index contributed by atoms with van der Waals surface area (Å²) in [6.45, 7) is 5.74. The van der Waals surface area contributed by atoms with Gasteiger partial charge in [0.1, 0.15) is 0 Å². The topological polar surface area (TPSA) is 15.3 Å². The maximum atomic E-state index is 3.72. The Morgan fingerprint density at radius 3 is 3.00 bits per heavy atom. The Kier molecular flexibility index (Phi) is 3.57. The van der Waals surface area contributed by atoms with Gasteiger partial charge in [0.05, 0.1) is 0 Å². The first-order valence-electron chi connectivity index (χ1n) is 7.92. The third-order valence-electron chi connectivity index (χ3n) is 5.02. The van der Waals surface area contributed by atoms with Crippen LogP contribution in [0.4, 0.5) is 0 Å². The highest BCUT2D eigenvalue weighted by Gasteiger charge is 2.27. The van der Waals surface area contributed by atoms with Crippen molar-refractivity contribution in [3.05, 3.63) is 57.3 Å². The lowest BCUT2D eigenvalue weighted by atomic mass is 9.94. The Hall–Kier alpha value is -1.16. The lowest BCUT2D eigenvalue weighted by molar-refractivity contribution is 0.175. The molecule has 0 spiro atoms. The van der Waals surface area contributed by atoms with Crippen molar-refractivity contribution in [2.24, 2.45) is 0 Å². The molecule has 3 heterocycles. The van der Waals surface area contributed by atoms with Crippen LogP contribution in [-0.4, -0.2) is 24.0 Å². The average Bonchev–Trinajstić information content (AvgIpc) is 2.99. The molecule has 2 atom stereocenters. The summed E-state index contributed by atoms with van der Waals surface area (Å²) in [5.41, 5.74) is 4.56. The fourth-order valence-electron chi connectivity index (χ4n) is 3.74. The minimum Gasteiger partial charge on any atom is -0.308 e. The van der Waals surface area contributed by atoms with E-state index in [-0.39, 0.29) is 0 Å². The highest BCUT2D eigenvalue weighted by molar-refractivity contribution is 7.10. The van der Waals surface area contributed by atoms with Crippen LogP contribution in [0.2, 0.25) is 0 Å². The summed E-state index contributed by atoms with van der Waals surface area (Å²) >= 11 is 1.93. The van der Waals surface area contributed by atoms with Crippen LogP contribution in [0.5, 0.6) is 0 Å². The molecule has 2 aliphatic heterocycles. The van der Waals surface area contributed by atoms with Crippen molar-refractivity contribution in [3.63, 3.8) is 0 Å². The predicted molar refractivity (Wildman–Crippen MR) is 88.8 cm³/mol. The summed E-state index contributed by atoms with van der Waals surface area (Å²) in [6.07, 6.45) is 2.39. The maximum absolute atomic E-state index is 3.72. The van der Waals surface area contributed by atoms with E-state index in [0.717, 1.165) is 19.5 Å². The minimum atomic E-state index is 0.568. The fraction of sp³-hybridized carbons (Fsp3) is 0.444. The summed E-state index contributed by atoms with van der Waals surface area (Å²) in [5.74, 6) is 0. The maximum Gasteiger partial charge on any atom is 0.0331 e. The van der Waals surface area contributed by atoms with Gasteiger partial charge in [0.25, 0.3) is 0 Å². The Bertz CT molecular complexity index is 634. The third kappa shape index (κ3) is 2.54. The molecule has 4 rings (SSSR count). The Balaban J connectivity index is 1.46. The molecule has 0 radical (unpaired) electrons. The normalized spacial score (nSPS) is 25.4. The highest BCUT2D eigenvalue weighted by atomic mass is 32.1. The molecule has 2 aliphatic rings. The molecular formula is C18H22N2S. The Morgan fingerprint density at radius 1 is 1.24 bits per heavy atom. The van der Waals surface area contributed by atoms with Gasteiger partial charge in [0.2, 0.25) is 0 Å². The van der Waals surface area contributed by atoms with E-state index in [1.807, 2.05) is 11.3 Å². The second-order valence-corrected chi connectivity index (χ2v) is 7.27. The largest absolute Gasteiger partial charge is 0.308 e. The van der Waals surface area contributed by atoms with Gasteiger partial charge >= 0.3 is 0 Å². The van der Waals surface area contributed by atoms with Crippen molar-refractivity contribution in [2.75, 3.05) is 13.1 Å². The molecule has 1 N–H and O–H groups in total. The first kappa shape index (κ1) is 13.5. The zero-order valence-electron chi connectivity index (χ0n) is 12.5. The van der Waals surface area contributed by atoms with Gasteiger partial charge in [0, 0.05) is 36.6 Å². The fourth-order valence-corrected chi connectivity index (χ4v) is 4.71. The van der Waals surface area contributed by atoms with Gasteiger partial charge in [-0.15, -0.1) is 11.3 Å². The summed E-state index contributed by atoms with van der Waals surface area (Å²) in [6, 6.07) is 12.3. The van der Waals surface area contributed by atoms with Gasteiger partial charge in [0.15, 0.2) is 0 Å². The van der Waals surface area contributed by atoms with E-state index in [1.165, 1.54) is 24.1 Å². The molecule has 0 aliphatic carbocycles. The summed E-state index contributed by atoms with van der Waals surface area (Å²) in [5, 5.41) is 5.97. The van der Waals surface area contributed by atoms with Crippen molar-refractivity contribution in [2.45, 2.75) is 38.4 Å². The third-order valence-corrected chi connectivity index (χ3v) is 6.02. The number of hydrogen-bond donors (Lipinski definition) is 1. The van der Waals surface area contributed by atoms with Gasteiger partial charge in [-0.1, -0.05) is 24.3 Å². The zero-order chi connectivity index (χ0) is 14.2. The second-order valence-electron chi connectivity index (χ2n) is 6.27. The Morgan fingerprint density at radius 2 is 2.10 bits per heavy atom. The molecule has 110 valence electrons. The number of fused-ring (bicyclic) bond motifs is 2. The number of nitrogens with zero attached hydrogens (tertiary/aromatic N) is 1. The molecule has 0 saturated heterocycles. The van der Waals surface area contributed by atoms with E-state index >= 15 is 0 Å². The number of thiophene rings is 1. The van der Waals surface area contributed by atoms with Crippen molar-refractivity contribution in [1.29, 1.82) is 0 Å². The van der Waals surface area contributed by atoms with E-state index in [4.69, 9.17) is 0 Å². The summed E-state index contributed by atoms with van der Waals surface area (Å²) in [7, 11) is 0. The molecule has 0 bridgehead atoms. The van der Waals surface area contributed by atoms with Gasteiger partial charge in [-0.05, 0) is 47.9 Å². The number of benzene rings is 1. The molecule has 1 aromatic heterocycles. The molecule has 21 heavy (non-hydrogen) atoms. The van der Waals surface area contributed by atoms with Crippen molar-refractivity contribution >= 4 is 11.3 Å². The zero-order valence-corrected chi connectivity index (χ0v) is 13.3. The van der Waals surface area contributed by atoms with Crippen molar-refractivity contribution in [3.8, 4) is 0 Å². The number of rotatable bonds is 2. The van der Waals surface area contributed by atoms with Crippen LogP contribution in [-0.2, 0) is 19.4 Å². The van der Waals surface area contributed by atoms with Gasteiger partial charge in [-0.3, -0.25) is 4.90 Å². The molecule has 1 aromatic carbocycles. The van der Waals surface area contributed by atoms with Crippen molar-refractivity contribution in [1.82, 2.24) is 10.2 Å². The van der Waals surface area contributed by atoms with Crippen LogP contribution in [0.15, 0.2) is 35.7 Å². The lowest BCUT2D eigenvalue weighted by Gasteiger charge is -2.37. The number of nitrogens with one attached hydrogen (secondary N) is 1. The van der Waals surface area contributed by atoms with E-state index in [2.05, 4.69) is 52.9 Å². The first-order valence-corrected chi connectivity index (χ1v) is 8.79. The molecule has 2 aromatic rings. The molecule has 0 amide bonds. The number of hydrogen-bond acceptors (Lipinski definition) is 3. The standard InChI is InChI=1S/C18H22N2S/c1-13-17-7-9-21-18(17)6-8-20(13)12-16-10-14-4-2-3-5-15(14)11-19-16/h2-5,7,9,13,16,19H,6,8,10-12H2,1H3. The smallest absolute Gasteiger partial charge is 0.0331 e. The molecule has 0 fully saturated rings. The molecule has 0 saturated carbocycles. The van der Waals surface area contributed by atoms with Crippen LogP contribution in [0.1, 0.15) is 34.5 Å². The monoisotopic (exact) mass is 298 g/mol. The molecule has 3 heteroatoms. The van der Waals surface area contributed by atoms with E-state index < -0.39 is 0 Å². The first-order chi connectivity index (χ1) is 10.3. The lowest BCUT2D eigenvalue weighted by Crippen LogP contribution is -2.47. The quantitative estimate of drug-likeness (QED) is 0.914. The minimum absolute atomic E-state index is 0.568. The van der Waals surface area contributed by atoms with E-state index in [9.17, 15) is 0 Å². The Labute approximate surface area is 130 Å². The highest BCUT2D eigenvalue weighted by Crippen LogP contribution is 2.33. The van der Waals surface area contributed by atoms with E-state index in [1.54, 1.807) is 10.4 Å². The average molecular weight is 298 g/mol. The molecule has 2 nitrogen and oxygen atoms in total. The van der Waals surface area contributed by atoms with Gasteiger partial charge < -0.3 is 5.32 Å². The van der Waals surface area contributed by atoms with Crippen LogP contribution < -0.4 is 5.32 Å². The second kappa shape index (κ2) is 5.56.